The van der Waals surface area contributed by atoms with Gasteiger partial charge in [0.1, 0.15) is 36.4 Å². The zero-order valence-corrected chi connectivity index (χ0v) is 46.3. The van der Waals surface area contributed by atoms with Gasteiger partial charge in [-0.25, -0.2) is 17.8 Å². The average Bonchev–Trinajstić information content (AvgIpc) is 3.84. The molecule has 2 atom stereocenters. The van der Waals surface area contributed by atoms with Crippen LogP contribution in [0.2, 0.25) is 0 Å². The largest absolute Gasteiger partial charge is 0.748 e. The fourth-order valence-corrected chi connectivity index (χ4v) is 9.90. The highest BCUT2D eigenvalue weighted by atomic mass is 32.2. The van der Waals surface area contributed by atoms with Crippen molar-refractivity contribution in [2.24, 2.45) is 0 Å². The van der Waals surface area contributed by atoms with Crippen LogP contribution in [-0.2, 0) is 48.5 Å². The Hall–Kier alpha value is -7.45. The minimum atomic E-state index is -5.19. The van der Waals surface area contributed by atoms with E-state index in [1.165, 1.54) is 0 Å². The standard InChI is InChI=1S/C52H68N8O12S.C2HF3O2/c1-6-56(7-2)38-17-19-40-43(33-38)71-44-34-39(57(8-3)9-4)18-20-41(44)50(40)36-14-13-15-37(32-36)52(67)59-30-28-58(29-31-59)46(62)22-21-45(61)54-42(35-73(68,69)70)51(66)53-25-27-55(5)26-12-10-11-16-49(65)72-60-47(63)23-24-48(60)64;3-2(4,5)1(6)7/h13-15,17-20,32-34,42H,6-12,16,21-31,35H2,1-5H3,(H2-,53,54,61,66,68,69,70);(H,6,7). The first kappa shape index (κ1) is 63.4. The lowest BCUT2D eigenvalue weighted by Gasteiger charge is -2.35. The Labute approximate surface area is 461 Å². The van der Waals surface area contributed by atoms with Crippen molar-refractivity contribution >= 4 is 74.2 Å². The van der Waals surface area contributed by atoms with Crippen LogP contribution in [0.4, 0.5) is 18.9 Å². The Morgan fingerprint density at radius 2 is 1.49 bits per heavy atom. The number of anilines is 1. The number of quaternary nitrogens is 1. The van der Waals surface area contributed by atoms with Crippen molar-refractivity contribution in [2.75, 3.05) is 89.7 Å². The summed E-state index contributed by atoms with van der Waals surface area (Å²) < 4.78 is 75.6. The van der Waals surface area contributed by atoms with Gasteiger partial charge in [-0.05, 0) is 82.9 Å². The zero-order valence-electron chi connectivity index (χ0n) is 45.5. The number of carboxylic acid groups (broad SMARTS) is 1. The lowest BCUT2D eigenvalue weighted by atomic mass is 9.92. The highest BCUT2D eigenvalue weighted by Gasteiger charge is 2.33. The van der Waals surface area contributed by atoms with E-state index in [-0.39, 0.29) is 76.6 Å². The van der Waals surface area contributed by atoms with E-state index in [0.29, 0.717) is 43.0 Å². The van der Waals surface area contributed by atoms with Crippen LogP contribution in [0.5, 0.6) is 0 Å². The van der Waals surface area contributed by atoms with E-state index >= 15 is 0 Å². The lowest BCUT2D eigenvalue weighted by molar-refractivity contribution is -0.878. The quantitative estimate of drug-likeness (QED) is 0.0291. The fourth-order valence-electron chi connectivity index (χ4n) is 9.26. The molecule has 2 saturated heterocycles. The Morgan fingerprint density at radius 3 is 2.10 bits per heavy atom. The molecule has 2 fully saturated rings. The lowest BCUT2D eigenvalue weighted by Crippen LogP contribution is -3.09. The van der Waals surface area contributed by atoms with Gasteiger partial charge in [0.05, 0.1) is 48.6 Å². The van der Waals surface area contributed by atoms with E-state index in [4.69, 9.17) is 19.2 Å². The summed E-state index contributed by atoms with van der Waals surface area (Å²) in [6, 6.07) is 18.4. The number of hydroxylamine groups is 2. The second-order valence-corrected chi connectivity index (χ2v) is 20.6. The number of alkyl halides is 3. The summed E-state index contributed by atoms with van der Waals surface area (Å²) in [4.78, 5) is 109. The van der Waals surface area contributed by atoms with Crippen LogP contribution >= 0.6 is 0 Å². The second-order valence-electron chi connectivity index (χ2n) is 19.2. The van der Waals surface area contributed by atoms with Gasteiger partial charge in [-0.15, -0.1) is 5.06 Å². The molecule has 0 spiro atoms. The third-order valence-electron chi connectivity index (χ3n) is 13.6. The number of carbonyl (C=O) groups excluding carboxylic acids is 8. The molecular weight excluding hydrogens is 1070 g/mol. The Balaban J connectivity index is 0.00000157. The molecule has 1 aliphatic carbocycles. The molecule has 3 N–H and O–H groups in total. The second kappa shape index (κ2) is 29.1. The number of aliphatic carboxylic acids is 1. The molecule has 436 valence electrons. The van der Waals surface area contributed by atoms with E-state index in [2.05, 4.69) is 84.2 Å². The van der Waals surface area contributed by atoms with Crippen molar-refractivity contribution in [1.82, 2.24) is 30.1 Å². The van der Waals surface area contributed by atoms with Crippen molar-refractivity contribution < 1.29 is 83.8 Å². The first-order valence-corrected chi connectivity index (χ1v) is 28.1. The summed E-state index contributed by atoms with van der Waals surface area (Å²) in [5.41, 5.74) is 5.00. The molecule has 3 aliphatic heterocycles. The van der Waals surface area contributed by atoms with Gasteiger partial charge in [-0.2, -0.15) is 13.2 Å². The number of amides is 6. The van der Waals surface area contributed by atoms with Gasteiger partial charge in [0.25, 0.3) is 17.7 Å². The highest BCUT2D eigenvalue weighted by molar-refractivity contribution is 7.85. The van der Waals surface area contributed by atoms with E-state index in [1.807, 2.05) is 25.2 Å². The van der Waals surface area contributed by atoms with Crippen molar-refractivity contribution in [3.63, 3.8) is 0 Å². The predicted octanol–water partition coefficient (Wildman–Crippen LogP) is 1.05. The molecule has 80 heavy (non-hydrogen) atoms. The van der Waals surface area contributed by atoms with Gasteiger partial charge in [0, 0.05) is 111 Å². The van der Waals surface area contributed by atoms with E-state index < -0.39 is 63.7 Å². The normalized spacial score (nSPS) is 14.5. The maximum Gasteiger partial charge on any atom is 0.430 e. The number of hydrogen-bond donors (Lipinski definition) is 3. The van der Waals surface area contributed by atoms with E-state index in [1.54, 1.807) is 15.9 Å². The van der Waals surface area contributed by atoms with Crippen LogP contribution in [0, 0.1) is 0 Å². The van der Waals surface area contributed by atoms with Crippen molar-refractivity contribution in [3.05, 3.63) is 71.6 Å². The first-order chi connectivity index (χ1) is 37.9. The first-order valence-electron chi connectivity index (χ1n) is 26.5. The van der Waals surface area contributed by atoms with Crippen molar-refractivity contribution in [2.45, 2.75) is 91.3 Å². The molecule has 0 radical (unpaired) electrons. The summed E-state index contributed by atoms with van der Waals surface area (Å²) in [7, 11) is -3.06. The highest BCUT2D eigenvalue weighted by Crippen LogP contribution is 2.41. The number of carboxylic acids is 1. The molecule has 2 aromatic rings. The molecule has 2 unspecified atom stereocenters. The minimum absolute atomic E-state index is 0.0180. The average molecular weight is 1140 g/mol. The number of rotatable bonds is 24. The maximum atomic E-state index is 14.1. The van der Waals surface area contributed by atoms with E-state index in [9.17, 15) is 59.7 Å². The fraction of sp³-hybridized carbons (Fsp3) is 0.500. The van der Waals surface area contributed by atoms with Gasteiger partial charge < -0.3 is 53.9 Å². The minimum Gasteiger partial charge on any atom is -0.748 e. The molecule has 6 amide bonds. The number of hydrogen-bond acceptors (Lipinski definition) is 15. The van der Waals surface area contributed by atoms with Crippen LogP contribution in [0.15, 0.2) is 65.1 Å². The van der Waals surface area contributed by atoms with Gasteiger partial charge >= 0.3 is 12.1 Å². The Bertz CT molecular complexity index is 3030. The number of piperazine rings is 1. The summed E-state index contributed by atoms with van der Waals surface area (Å²) in [5, 5.41) is 16.2. The van der Waals surface area contributed by atoms with Crippen LogP contribution in [0.1, 0.15) is 89.4 Å². The number of benzene rings is 3. The molecule has 26 heteroatoms. The van der Waals surface area contributed by atoms with Crippen LogP contribution < -0.4 is 35.5 Å². The number of fused-ring (bicyclic) bond motifs is 2. The summed E-state index contributed by atoms with van der Waals surface area (Å²) >= 11 is 0. The molecule has 0 saturated carbocycles. The van der Waals surface area contributed by atoms with Crippen LogP contribution in [-0.4, -0.2) is 172 Å². The molecule has 4 aliphatic rings. The molecule has 2 aromatic carbocycles. The molecule has 0 aromatic heterocycles. The van der Waals surface area contributed by atoms with Crippen LogP contribution in [0.25, 0.3) is 33.4 Å². The number of halogens is 3. The summed E-state index contributed by atoms with van der Waals surface area (Å²) in [6.07, 6.45) is -3.89. The number of carbonyl (C=O) groups is 8. The Kier molecular flexibility index (Phi) is 23.1. The van der Waals surface area contributed by atoms with E-state index in [0.717, 1.165) is 75.5 Å². The topological polar surface area (TPSA) is 284 Å². The number of nitrogens with zero attached hydrogens (tertiary/aromatic N) is 5. The summed E-state index contributed by atoms with van der Waals surface area (Å²) in [5.74, 6) is -7.38. The molecule has 0 bridgehead atoms. The van der Waals surface area contributed by atoms with Gasteiger partial charge in [-0.1, -0.05) is 12.1 Å². The van der Waals surface area contributed by atoms with Gasteiger partial charge in [0.15, 0.2) is 0 Å². The summed E-state index contributed by atoms with van der Waals surface area (Å²) in [6.45, 7) is 14.0. The number of unbranched alkanes of at least 4 members (excludes halogenated alkanes) is 2. The van der Waals surface area contributed by atoms with Gasteiger partial charge in [-0.3, -0.25) is 28.8 Å². The molecule has 22 nitrogen and oxygen atoms in total. The van der Waals surface area contributed by atoms with Crippen molar-refractivity contribution in [1.29, 1.82) is 0 Å². The molecule has 6 rings (SSSR count). The Morgan fingerprint density at radius 1 is 0.838 bits per heavy atom. The number of imide groups is 1. The number of nitrogens with one attached hydrogen (secondary N) is 3. The molecular formula is C54H69F3N8O14S. The van der Waals surface area contributed by atoms with Crippen molar-refractivity contribution in [3.8, 4) is 22.5 Å². The maximum absolute atomic E-state index is 14.1. The van der Waals surface area contributed by atoms with Crippen LogP contribution in [0.3, 0.4) is 0 Å². The number of likely N-dealkylation sites (N-methyl/N-ethyl adjacent to an activating group) is 1. The zero-order chi connectivity index (χ0) is 58.9. The predicted molar refractivity (Wildman–Crippen MR) is 283 cm³/mol. The third kappa shape index (κ3) is 18.0. The van der Waals surface area contributed by atoms with Gasteiger partial charge in [0.2, 0.25) is 23.1 Å². The monoisotopic (exact) mass is 1140 g/mol. The third-order valence-corrected chi connectivity index (χ3v) is 14.4. The smallest absolute Gasteiger partial charge is 0.430 e. The molecule has 3 heterocycles. The SMILES string of the molecule is CCN(CC)c1ccc2c(-c3cccc(C(=O)N4CCN(C(=O)CCC(=O)NC(CS(=O)(=O)[O-])C(=O)NCC[NH+](C)CCCCCC(=O)ON5C(=O)CCC5=O)CC4)c3)c3ccc(=[N+](CC)CC)cc-3oc2c1.O=C([O-])C(F)(F)F.